The molecule has 2 rings (SSSR count). The summed E-state index contributed by atoms with van der Waals surface area (Å²) in [5.41, 5.74) is 1.35. The molecule has 0 spiro atoms. The quantitative estimate of drug-likeness (QED) is 0.842. The Balaban J connectivity index is 2.23. The maximum Gasteiger partial charge on any atom is 0.412 e. The smallest absolute Gasteiger partial charge is 0.412 e. The van der Waals surface area contributed by atoms with Crippen LogP contribution in [0, 0.1) is 11.3 Å². The Bertz CT molecular complexity index is 553. The van der Waals surface area contributed by atoms with E-state index in [9.17, 15) is 4.79 Å². The Kier molecular flexibility index (Phi) is 3.34. The largest absolute Gasteiger partial charge is 0.491 e. The molecule has 0 aromatic heterocycles. The molecule has 0 saturated heterocycles. The molecule has 5 nitrogen and oxygen atoms in total. The van der Waals surface area contributed by atoms with Crippen molar-refractivity contribution >= 4 is 11.8 Å². The summed E-state index contributed by atoms with van der Waals surface area (Å²) >= 11 is 0. The number of benzene rings is 1. The van der Waals surface area contributed by atoms with E-state index in [0.717, 1.165) is 12.0 Å². The van der Waals surface area contributed by atoms with Gasteiger partial charge >= 0.3 is 6.09 Å². The Labute approximate surface area is 112 Å². The number of hydrogen-bond acceptors (Lipinski definition) is 4. The summed E-state index contributed by atoms with van der Waals surface area (Å²) in [7, 11) is 0. The molecule has 1 aliphatic heterocycles. The third-order valence-electron chi connectivity index (χ3n) is 2.55. The van der Waals surface area contributed by atoms with E-state index in [-0.39, 0.29) is 0 Å². The third kappa shape index (κ3) is 3.16. The van der Waals surface area contributed by atoms with Crippen LogP contribution in [0.15, 0.2) is 12.1 Å². The summed E-state index contributed by atoms with van der Waals surface area (Å²) < 4.78 is 10.7. The SMILES string of the molecule is CC(C)(C)OC(=O)Nc1cc(C#N)cc2c1OCC2. The Hall–Kier alpha value is -2.22. The van der Waals surface area contributed by atoms with E-state index in [1.807, 2.05) is 0 Å². The summed E-state index contributed by atoms with van der Waals surface area (Å²) in [4.78, 5) is 11.8. The van der Waals surface area contributed by atoms with Crippen molar-refractivity contribution < 1.29 is 14.3 Å². The molecule has 5 heteroatoms. The van der Waals surface area contributed by atoms with Crippen molar-refractivity contribution in [3.05, 3.63) is 23.3 Å². The fourth-order valence-corrected chi connectivity index (χ4v) is 1.88. The van der Waals surface area contributed by atoms with Gasteiger partial charge in [0.25, 0.3) is 0 Å². The maximum atomic E-state index is 11.8. The number of nitrogens with one attached hydrogen (secondary N) is 1. The minimum atomic E-state index is -0.569. The molecular formula is C14H16N2O3. The molecule has 1 amide bonds. The van der Waals surface area contributed by atoms with Gasteiger partial charge in [0, 0.05) is 12.0 Å². The Morgan fingerprint density at radius 2 is 2.21 bits per heavy atom. The highest BCUT2D eigenvalue weighted by atomic mass is 16.6. The number of rotatable bonds is 1. The molecule has 100 valence electrons. The van der Waals surface area contributed by atoms with Gasteiger partial charge in [0.15, 0.2) is 0 Å². The first-order chi connectivity index (χ1) is 8.89. The molecule has 0 atom stereocenters. The molecule has 0 unspecified atom stereocenters. The first-order valence-corrected chi connectivity index (χ1v) is 6.09. The molecule has 0 saturated carbocycles. The summed E-state index contributed by atoms with van der Waals surface area (Å²) in [6.07, 6.45) is 0.189. The molecule has 1 heterocycles. The van der Waals surface area contributed by atoms with Gasteiger partial charge in [-0.3, -0.25) is 5.32 Å². The van der Waals surface area contributed by atoms with Crippen LogP contribution in [-0.4, -0.2) is 18.3 Å². The number of amides is 1. The summed E-state index contributed by atoms with van der Waals surface area (Å²) in [6, 6.07) is 5.44. The van der Waals surface area contributed by atoms with Crippen LogP contribution in [0.2, 0.25) is 0 Å². The number of fused-ring (bicyclic) bond motifs is 1. The number of ether oxygens (including phenoxy) is 2. The highest BCUT2D eigenvalue weighted by Gasteiger charge is 2.22. The number of nitriles is 1. The minimum Gasteiger partial charge on any atom is -0.491 e. The molecule has 0 fully saturated rings. The number of carbonyl (C=O) groups excluding carboxylic acids is 1. The fraction of sp³-hybridized carbons (Fsp3) is 0.429. The van der Waals surface area contributed by atoms with Crippen LogP contribution in [-0.2, 0) is 11.2 Å². The van der Waals surface area contributed by atoms with Crippen LogP contribution < -0.4 is 10.1 Å². The van der Waals surface area contributed by atoms with E-state index in [0.29, 0.717) is 23.6 Å². The van der Waals surface area contributed by atoms with E-state index in [1.165, 1.54) is 0 Å². The lowest BCUT2D eigenvalue weighted by molar-refractivity contribution is 0.0635. The topological polar surface area (TPSA) is 71.3 Å². The van der Waals surface area contributed by atoms with E-state index in [4.69, 9.17) is 14.7 Å². The minimum absolute atomic E-state index is 0.487. The van der Waals surface area contributed by atoms with Crippen molar-refractivity contribution in [1.29, 1.82) is 5.26 Å². The zero-order valence-corrected chi connectivity index (χ0v) is 11.2. The standard InChI is InChI=1S/C14H16N2O3/c1-14(2,3)19-13(17)16-11-7-9(8-15)6-10-4-5-18-12(10)11/h6-7H,4-5H2,1-3H3,(H,16,17). The molecule has 1 aromatic rings. The third-order valence-corrected chi connectivity index (χ3v) is 2.55. The summed E-state index contributed by atoms with van der Waals surface area (Å²) in [5, 5.41) is 11.6. The van der Waals surface area contributed by atoms with Gasteiger partial charge in [-0.05, 0) is 32.9 Å². The molecule has 0 radical (unpaired) electrons. The van der Waals surface area contributed by atoms with E-state index < -0.39 is 11.7 Å². The molecule has 1 aliphatic rings. The first-order valence-electron chi connectivity index (χ1n) is 6.09. The van der Waals surface area contributed by atoms with Crippen molar-refractivity contribution in [2.75, 3.05) is 11.9 Å². The van der Waals surface area contributed by atoms with E-state index in [1.54, 1.807) is 32.9 Å². The molecule has 0 aliphatic carbocycles. The second kappa shape index (κ2) is 4.81. The van der Waals surface area contributed by atoms with E-state index in [2.05, 4.69) is 11.4 Å². The second-order valence-corrected chi connectivity index (χ2v) is 5.35. The van der Waals surface area contributed by atoms with Crippen LogP contribution in [0.3, 0.4) is 0 Å². The summed E-state index contributed by atoms with van der Waals surface area (Å²) in [6.45, 7) is 5.94. The van der Waals surface area contributed by atoms with Gasteiger partial charge in [-0.2, -0.15) is 5.26 Å². The van der Waals surface area contributed by atoms with Crippen molar-refractivity contribution in [2.45, 2.75) is 32.8 Å². The van der Waals surface area contributed by atoms with E-state index >= 15 is 0 Å². The van der Waals surface area contributed by atoms with Gasteiger partial charge in [-0.25, -0.2) is 4.79 Å². The average molecular weight is 260 g/mol. The highest BCUT2D eigenvalue weighted by Crippen LogP contribution is 2.35. The van der Waals surface area contributed by atoms with Crippen LogP contribution in [0.25, 0.3) is 0 Å². The zero-order valence-electron chi connectivity index (χ0n) is 11.2. The van der Waals surface area contributed by atoms with Crippen molar-refractivity contribution in [3.8, 4) is 11.8 Å². The number of carbonyl (C=O) groups is 1. The summed E-state index contributed by atoms with van der Waals surface area (Å²) in [5.74, 6) is 0.629. The maximum absolute atomic E-state index is 11.8. The second-order valence-electron chi connectivity index (χ2n) is 5.35. The van der Waals surface area contributed by atoms with Gasteiger partial charge in [0.05, 0.1) is 23.9 Å². The zero-order chi connectivity index (χ0) is 14.0. The van der Waals surface area contributed by atoms with Crippen LogP contribution in [0.5, 0.6) is 5.75 Å². The number of hydrogen-bond donors (Lipinski definition) is 1. The molecular weight excluding hydrogens is 244 g/mol. The number of nitrogens with zero attached hydrogens (tertiary/aromatic N) is 1. The number of anilines is 1. The molecule has 1 aromatic carbocycles. The van der Waals surface area contributed by atoms with Crippen molar-refractivity contribution in [2.24, 2.45) is 0 Å². The predicted molar refractivity (Wildman–Crippen MR) is 70.2 cm³/mol. The average Bonchev–Trinajstić information content (AvgIpc) is 2.74. The molecule has 1 N–H and O–H groups in total. The van der Waals surface area contributed by atoms with Gasteiger partial charge in [0.2, 0.25) is 0 Å². The predicted octanol–water partition coefficient (Wildman–Crippen LogP) is 2.84. The Morgan fingerprint density at radius 3 is 2.84 bits per heavy atom. The fourth-order valence-electron chi connectivity index (χ4n) is 1.88. The van der Waals surface area contributed by atoms with Gasteiger partial charge in [-0.1, -0.05) is 0 Å². The Morgan fingerprint density at radius 1 is 1.47 bits per heavy atom. The monoisotopic (exact) mass is 260 g/mol. The molecule has 19 heavy (non-hydrogen) atoms. The lowest BCUT2D eigenvalue weighted by atomic mass is 10.1. The first kappa shape index (κ1) is 13.2. The lowest BCUT2D eigenvalue weighted by Crippen LogP contribution is -2.27. The highest BCUT2D eigenvalue weighted by molar-refractivity contribution is 5.88. The van der Waals surface area contributed by atoms with Crippen molar-refractivity contribution in [3.63, 3.8) is 0 Å². The van der Waals surface area contributed by atoms with Gasteiger partial charge in [0.1, 0.15) is 11.4 Å². The van der Waals surface area contributed by atoms with Crippen LogP contribution in [0.1, 0.15) is 31.9 Å². The lowest BCUT2D eigenvalue weighted by Gasteiger charge is -2.20. The van der Waals surface area contributed by atoms with Crippen molar-refractivity contribution in [1.82, 2.24) is 0 Å². The normalized spacial score (nSPS) is 13.2. The van der Waals surface area contributed by atoms with Crippen LogP contribution >= 0.6 is 0 Å². The van der Waals surface area contributed by atoms with Gasteiger partial charge < -0.3 is 9.47 Å². The van der Waals surface area contributed by atoms with Gasteiger partial charge in [-0.15, -0.1) is 0 Å². The van der Waals surface area contributed by atoms with Crippen LogP contribution in [0.4, 0.5) is 10.5 Å². The molecule has 0 bridgehead atoms.